The molecule has 3 N–H and O–H groups in total. The average molecular weight is 1330 g/mol. The van der Waals surface area contributed by atoms with Crippen molar-refractivity contribution in [3.63, 3.8) is 0 Å². The zero-order chi connectivity index (χ0) is 67.2. The number of hydrogen-bond acceptors (Lipinski definition) is 8. The first-order valence-corrected chi connectivity index (χ1v) is 42.3. The van der Waals surface area contributed by atoms with E-state index < -0.39 is 26.5 Å². The maximum Gasteiger partial charge on any atom is 0.472 e. The van der Waals surface area contributed by atoms with Crippen molar-refractivity contribution in [3.05, 3.63) is 60.8 Å². The Morgan fingerprint density at radius 3 is 0.828 bits per heavy atom. The van der Waals surface area contributed by atoms with Crippen LogP contribution in [0.4, 0.5) is 0 Å². The highest BCUT2D eigenvalue weighted by Crippen LogP contribution is 2.43. The number of esters is 2. The molecular weight excluding hydrogens is 1170 g/mol. The Morgan fingerprint density at radius 2 is 0.559 bits per heavy atom. The standard InChI is InChI=1S/C83H156NO8P/c1-3-5-7-9-11-13-15-17-19-21-23-25-27-29-31-33-35-36-37-38-39-40-41-42-43-44-46-48-50-52-54-56-58-60-62-64-66-68-70-72-74-76-83(86)92-81(80-91-93(87,88)90-78-77-84)79-89-82(85)75-73-71-69-67-65-63-61-59-57-55-53-51-49-47-45-34-32-30-28-26-24-22-20-18-16-14-12-10-8-6-4-2/h15-18,21-24,27,29,81H,3-14,19-20,25-26,28,30-80,84H2,1-2H3,(H,87,88)/b17-15-,18-16-,23-21-,24-22-,29-27-. The van der Waals surface area contributed by atoms with Gasteiger partial charge in [0.1, 0.15) is 6.61 Å². The summed E-state index contributed by atoms with van der Waals surface area (Å²) in [7, 11) is -4.40. The van der Waals surface area contributed by atoms with E-state index in [1.807, 2.05) is 0 Å². The molecule has 0 aromatic heterocycles. The fourth-order valence-corrected chi connectivity index (χ4v) is 13.1. The van der Waals surface area contributed by atoms with Gasteiger partial charge in [-0.1, -0.05) is 389 Å². The summed E-state index contributed by atoms with van der Waals surface area (Å²) < 4.78 is 33.3. The topological polar surface area (TPSA) is 134 Å². The van der Waals surface area contributed by atoms with Crippen molar-refractivity contribution >= 4 is 19.8 Å². The lowest BCUT2D eigenvalue weighted by atomic mass is 10.0. The van der Waals surface area contributed by atoms with E-state index in [0.29, 0.717) is 6.42 Å². The van der Waals surface area contributed by atoms with E-state index in [9.17, 15) is 19.0 Å². The quantitative estimate of drug-likeness (QED) is 0.0264. The lowest BCUT2D eigenvalue weighted by molar-refractivity contribution is -0.161. The van der Waals surface area contributed by atoms with Crippen LogP contribution in [0.25, 0.3) is 0 Å². The third-order valence-electron chi connectivity index (χ3n) is 18.4. The lowest BCUT2D eigenvalue weighted by Gasteiger charge is -2.19. The molecule has 0 saturated carbocycles. The molecule has 0 saturated heterocycles. The molecule has 0 aliphatic heterocycles. The molecule has 0 radical (unpaired) electrons. The van der Waals surface area contributed by atoms with Crippen molar-refractivity contribution in [2.45, 2.75) is 431 Å². The van der Waals surface area contributed by atoms with Crippen LogP contribution < -0.4 is 5.73 Å². The van der Waals surface area contributed by atoms with Crippen molar-refractivity contribution in [1.82, 2.24) is 0 Å². The van der Waals surface area contributed by atoms with Crippen molar-refractivity contribution in [2.24, 2.45) is 5.73 Å². The van der Waals surface area contributed by atoms with Crippen LogP contribution in [0.2, 0.25) is 0 Å². The van der Waals surface area contributed by atoms with Gasteiger partial charge < -0.3 is 20.1 Å². The van der Waals surface area contributed by atoms with Crippen LogP contribution in [-0.4, -0.2) is 49.3 Å². The normalized spacial score (nSPS) is 13.1. The molecule has 0 rings (SSSR count). The molecule has 0 spiro atoms. The maximum atomic E-state index is 12.8. The Bertz CT molecular complexity index is 1710. The summed E-state index contributed by atoms with van der Waals surface area (Å²) in [6, 6.07) is 0. The third kappa shape index (κ3) is 78.6. The molecular formula is C83H156NO8P. The lowest BCUT2D eigenvalue weighted by Crippen LogP contribution is -2.29. The highest BCUT2D eigenvalue weighted by Gasteiger charge is 2.26. The number of rotatable bonds is 78. The zero-order valence-corrected chi connectivity index (χ0v) is 62.7. The highest BCUT2D eigenvalue weighted by molar-refractivity contribution is 7.47. The number of unbranched alkanes of at least 4 members (excludes halogenated alkanes) is 55. The van der Waals surface area contributed by atoms with E-state index in [4.69, 9.17) is 24.3 Å². The molecule has 9 nitrogen and oxygen atoms in total. The minimum atomic E-state index is -4.40. The van der Waals surface area contributed by atoms with Gasteiger partial charge in [0.2, 0.25) is 0 Å². The number of phosphoric acid groups is 1. The number of hydrogen-bond donors (Lipinski definition) is 2. The summed E-state index contributed by atoms with van der Waals surface area (Å²) in [5, 5.41) is 0. The van der Waals surface area contributed by atoms with Crippen molar-refractivity contribution in [1.29, 1.82) is 0 Å². The van der Waals surface area contributed by atoms with Crippen LogP contribution in [0.5, 0.6) is 0 Å². The first-order chi connectivity index (χ1) is 45.8. The molecule has 0 heterocycles. The summed E-state index contributed by atoms with van der Waals surface area (Å²) in [5.41, 5.74) is 5.42. The Balaban J connectivity index is 3.74. The fourth-order valence-electron chi connectivity index (χ4n) is 12.3. The minimum absolute atomic E-state index is 0.0555. The summed E-state index contributed by atoms with van der Waals surface area (Å²) in [6.45, 7) is 3.80. The molecule has 2 unspecified atom stereocenters. The van der Waals surface area contributed by atoms with Crippen LogP contribution in [0.3, 0.4) is 0 Å². The predicted octanol–water partition coefficient (Wildman–Crippen LogP) is 27.3. The number of nitrogens with two attached hydrogens (primary N) is 1. The van der Waals surface area contributed by atoms with Gasteiger partial charge in [-0.3, -0.25) is 18.6 Å². The summed E-state index contributed by atoms with van der Waals surface area (Å²) in [5.74, 6) is -0.803. The molecule has 0 aliphatic rings. The van der Waals surface area contributed by atoms with Crippen LogP contribution in [0, 0.1) is 0 Å². The molecule has 2 atom stereocenters. The summed E-state index contributed by atoms with van der Waals surface area (Å²) in [4.78, 5) is 35.5. The predicted molar refractivity (Wildman–Crippen MR) is 404 cm³/mol. The largest absolute Gasteiger partial charge is 0.472 e. The number of phosphoric ester groups is 1. The number of carbonyl (C=O) groups is 2. The minimum Gasteiger partial charge on any atom is -0.462 e. The Labute approximate surface area is 578 Å². The van der Waals surface area contributed by atoms with Gasteiger partial charge in [0.15, 0.2) is 6.10 Å². The van der Waals surface area contributed by atoms with E-state index in [1.54, 1.807) is 0 Å². The van der Waals surface area contributed by atoms with Gasteiger partial charge in [0, 0.05) is 19.4 Å². The van der Waals surface area contributed by atoms with Gasteiger partial charge in [-0.15, -0.1) is 0 Å². The summed E-state index contributed by atoms with van der Waals surface area (Å²) >= 11 is 0. The van der Waals surface area contributed by atoms with Gasteiger partial charge in [0.05, 0.1) is 13.2 Å². The fraction of sp³-hybridized carbons (Fsp3) is 0.855. The SMILES string of the molecule is CCCCCCC/C=C\C/C=C\C/C=C\CCCCCCCCCCCCCCCCCCCCCCCCCCCCC(=O)OC(COC(=O)CCCCCCCCCCCCCCCCCCCCC/C=C\C/C=C\CCCCCCC)COP(=O)(O)OCCN. The molecule has 0 aromatic carbocycles. The molecule has 546 valence electrons. The van der Waals surface area contributed by atoms with E-state index >= 15 is 0 Å². The third-order valence-corrected chi connectivity index (χ3v) is 19.4. The number of ether oxygens (including phenoxy) is 2. The second kappa shape index (κ2) is 78.7. The van der Waals surface area contributed by atoms with Crippen LogP contribution >= 0.6 is 7.82 Å². The average Bonchev–Trinajstić information content (AvgIpc) is 3.49. The van der Waals surface area contributed by atoms with Gasteiger partial charge >= 0.3 is 19.8 Å². The van der Waals surface area contributed by atoms with Crippen LogP contribution in [-0.2, 0) is 32.7 Å². The molecule has 0 bridgehead atoms. The van der Waals surface area contributed by atoms with Gasteiger partial charge in [0.25, 0.3) is 0 Å². The van der Waals surface area contributed by atoms with Crippen molar-refractivity contribution < 1.29 is 37.6 Å². The van der Waals surface area contributed by atoms with Crippen LogP contribution in [0.15, 0.2) is 60.8 Å². The van der Waals surface area contributed by atoms with E-state index in [0.717, 1.165) is 51.4 Å². The second-order valence-corrected chi connectivity index (χ2v) is 29.1. The maximum absolute atomic E-state index is 12.8. The second-order valence-electron chi connectivity index (χ2n) is 27.6. The van der Waals surface area contributed by atoms with Gasteiger partial charge in [-0.2, -0.15) is 0 Å². The first kappa shape index (κ1) is 90.7. The Hall–Kier alpha value is -2.29. The van der Waals surface area contributed by atoms with Gasteiger partial charge in [-0.05, 0) is 83.5 Å². The molecule has 0 aromatic rings. The van der Waals surface area contributed by atoms with Crippen molar-refractivity contribution in [2.75, 3.05) is 26.4 Å². The van der Waals surface area contributed by atoms with E-state index in [-0.39, 0.29) is 38.6 Å². The number of carbonyl (C=O) groups excluding carboxylic acids is 2. The highest BCUT2D eigenvalue weighted by atomic mass is 31.2. The first-order valence-electron chi connectivity index (χ1n) is 40.8. The molecule has 10 heteroatoms. The smallest absolute Gasteiger partial charge is 0.462 e. The summed E-state index contributed by atoms with van der Waals surface area (Å²) in [6.07, 6.45) is 104. The Morgan fingerprint density at radius 1 is 0.323 bits per heavy atom. The molecule has 0 amide bonds. The van der Waals surface area contributed by atoms with E-state index in [1.165, 1.54) is 340 Å². The molecule has 0 aliphatic carbocycles. The Kier molecular flexibility index (Phi) is 76.8. The molecule has 0 fully saturated rings. The number of allylic oxidation sites excluding steroid dienone is 10. The van der Waals surface area contributed by atoms with E-state index in [2.05, 4.69) is 74.6 Å². The van der Waals surface area contributed by atoms with Gasteiger partial charge in [-0.25, -0.2) is 4.57 Å². The molecule has 93 heavy (non-hydrogen) atoms. The van der Waals surface area contributed by atoms with Crippen LogP contribution in [0.1, 0.15) is 425 Å². The van der Waals surface area contributed by atoms with Crippen molar-refractivity contribution in [3.8, 4) is 0 Å². The monoisotopic (exact) mass is 1330 g/mol. The zero-order valence-electron chi connectivity index (χ0n) is 61.8.